The maximum atomic E-state index is 12.4. The second-order valence-electron chi connectivity index (χ2n) is 6.20. The quantitative estimate of drug-likeness (QED) is 0.322. The van der Waals surface area contributed by atoms with Crippen LogP contribution in [0.3, 0.4) is 0 Å². The second-order valence-corrected chi connectivity index (χ2v) is 6.20. The number of non-ortho nitro benzene ring substituents is 1. The van der Waals surface area contributed by atoms with Crippen molar-refractivity contribution < 1.29 is 33.6 Å². The number of aryl methyl sites for hydroxylation is 1. The number of aromatic nitrogens is 1. The lowest BCUT2D eigenvalue weighted by atomic mass is 10.1. The van der Waals surface area contributed by atoms with Gasteiger partial charge in [-0.05, 0) is 32.4 Å². The monoisotopic (exact) mass is 402 g/mol. The van der Waals surface area contributed by atoms with Gasteiger partial charge >= 0.3 is 11.9 Å². The molecule has 0 unspecified atom stereocenters. The zero-order valence-electron chi connectivity index (χ0n) is 16.2. The van der Waals surface area contributed by atoms with Crippen molar-refractivity contribution >= 4 is 29.2 Å². The third-order valence-electron chi connectivity index (χ3n) is 4.19. The minimum absolute atomic E-state index is 0.134. The molecule has 0 saturated heterocycles. The number of carbonyl (C=O) groups is 4. The molecule has 0 radical (unpaired) electrons. The lowest BCUT2D eigenvalue weighted by Gasteiger charge is -2.06. The van der Waals surface area contributed by atoms with Crippen LogP contribution >= 0.6 is 0 Å². The Kier molecular flexibility index (Phi) is 6.27. The molecule has 152 valence electrons. The minimum Gasteiger partial charge on any atom is -0.465 e. The number of esters is 2. The molecule has 0 aliphatic rings. The summed E-state index contributed by atoms with van der Waals surface area (Å²) in [5, 5.41) is 11.0. The van der Waals surface area contributed by atoms with Crippen molar-refractivity contribution in [3.05, 3.63) is 62.0 Å². The Morgan fingerprint density at radius 1 is 1.07 bits per heavy atom. The average molecular weight is 402 g/mol. The van der Waals surface area contributed by atoms with Crippen LogP contribution in [0.4, 0.5) is 5.69 Å². The number of Topliss-reactive ketones (excluding diaryl/α,β-unsaturated/α-hetero) is 2. The number of ether oxygens (including phenoxy) is 2. The number of hydrogen-bond donors (Lipinski definition) is 1. The van der Waals surface area contributed by atoms with Crippen molar-refractivity contribution in [3.63, 3.8) is 0 Å². The summed E-state index contributed by atoms with van der Waals surface area (Å²) < 4.78 is 9.45. The highest BCUT2D eigenvalue weighted by atomic mass is 16.6. The van der Waals surface area contributed by atoms with E-state index in [9.17, 15) is 29.3 Å². The van der Waals surface area contributed by atoms with Crippen LogP contribution in [0.25, 0.3) is 0 Å². The Hall–Kier alpha value is -3.82. The van der Waals surface area contributed by atoms with Gasteiger partial charge in [-0.2, -0.15) is 0 Å². The van der Waals surface area contributed by atoms with E-state index in [4.69, 9.17) is 4.74 Å². The van der Waals surface area contributed by atoms with Gasteiger partial charge in [-0.15, -0.1) is 0 Å². The number of nitrogens with one attached hydrogen (secondary N) is 1. The van der Waals surface area contributed by atoms with Crippen molar-refractivity contribution in [2.24, 2.45) is 0 Å². The van der Waals surface area contributed by atoms with E-state index in [-0.39, 0.29) is 22.6 Å². The van der Waals surface area contributed by atoms with Crippen molar-refractivity contribution in [3.8, 4) is 0 Å². The number of nitro groups is 1. The highest BCUT2D eigenvalue weighted by Gasteiger charge is 2.23. The number of carbonyl (C=O) groups excluding carboxylic acids is 4. The van der Waals surface area contributed by atoms with Gasteiger partial charge in [-0.25, -0.2) is 9.59 Å². The minimum atomic E-state index is -1.03. The van der Waals surface area contributed by atoms with Gasteiger partial charge in [0.1, 0.15) is 0 Å². The van der Waals surface area contributed by atoms with E-state index in [1.165, 1.54) is 6.92 Å². The lowest BCUT2D eigenvalue weighted by molar-refractivity contribution is -0.384. The lowest BCUT2D eigenvalue weighted by Crippen LogP contribution is -2.16. The zero-order valence-corrected chi connectivity index (χ0v) is 16.2. The normalized spacial score (nSPS) is 10.3. The molecular weight excluding hydrogens is 384 g/mol. The Balaban J connectivity index is 2.23. The molecule has 1 N–H and O–H groups in total. The highest BCUT2D eigenvalue weighted by molar-refractivity contribution is 6.04. The maximum Gasteiger partial charge on any atom is 0.338 e. The Morgan fingerprint density at radius 3 is 2.14 bits per heavy atom. The van der Waals surface area contributed by atoms with E-state index < -0.39 is 34.9 Å². The van der Waals surface area contributed by atoms with Crippen LogP contribution in [-0.2, 0) is 9.47 Å². The molecule has 1 aromatic heterocycles. The van der Waals surface area contributed by atoms with Gasteiger partial charge < -0.3 is 14.5 Å². The number of aromatic amines is 1. The fraction of sp³-hybridized carbons (Fsp3) is 0.263. The van der Waals surface area contributed by atoms with E-state index in [0.717, 1.165) is 25.3 Å². The maximum absolute atomic E-state index is 12.4. The van der Waals surface area contributed by atoms with E-state index in [1.54, 1.807) is 13.8 Å². The molecule has 0 saturated carbocycles. The number of methoxy groups -OCH3 is 1. The van der Waals surface area contributed by atoms with Gasteiger partial charge in [0, 0.05) is 23.4 Å². The average Bonchev–Trinajstić information content (AvgIpc) is 2.98. The first-order valence-corrected chi connectivity index (χ1v) is 8.35. The van der Waals surface area contributed by atoms with Crippen LogP contribution in [0.2, 0.25) is 0 Å². The molecule has 2 rings (SSSR count). The van der Waals surface area contributed by atoms with Gasteiger partial charge in [0.05, 0.1) is 28.9 Å². The van der Waals surface area contributed by atoms with Gasteiger partial charge in [0.25, 0.3) is 5.69 Å². The molecule has 0 fully saturated rings. The summed E-state index contributed by atoms with van der Waals surface area (Å²) in [6.45, 7) is 3.95. The number of ketones is 2. The van der Waals surface area contributed by atoms with E-state index in [2.05, 4.69) is 9.72 Å². The molecule has 10 nitrogen and oxygen atoms in total. The first-order valence-electron chi connectivity index (χ1n) is 8.35. The van der Waals surface area contributed by atoms with Gasteiger partial charge in [0.15, 0.2) is 12.4 Å². The standard InChI is InChI=1S/C19H18N2O8/c1-9-16(11(3)22)10(2)20-17(9)15(23)8-29-19(25)13-5-12(18(24)28-4)6-14(7-13)21(26)27/h5-7,20H,8H2,1-4H3. The van der Waals surface area contributed by atoms with Gasteiger partial charge in [-0.3, -0.25) is 19.7 Å². The van der Waals surface area contributed by atoms with E-state index in [0.29, 0.717) is 16.8 Å². The highest BCUT2D eigenvalue weighted by Crippen LogP contribution is 2.21. The van der Waals surface area contributed by atoms with Crippen molar-refractivity contribution in [2.75, 3.05) is 13.7 Å². The number of nitrogens with zero attached hydrogens (tertiary/aromatic N) is 1. The molecule has 0 atom stereocenters. The second kappa shape index (κ2) is 8.46. The topological polar surface area (TPSA) is 146 Å². The first-order chi connectivity index (χ1) is 13.6. The summed E-state index contributed by atoms with van der Waals surface area (Å²) in [6, 6.07) is 2.96. The number of benzene rings is 1. The smallest absolute Gasteiger partial charge is 0.338 e. The number of rotatable bonds is 7. The van der Waals surface area contributed by atoms with Gasteiger partial charge in [0.2, 0.25) is 5.78 Å². The fourth-order valence-corrected chi connectivity index (χ4v) is 2.91. The summed E-state index contributed by atoms with van der Waals surface area (Å²) in [5.74, 6) is -2.68. The Bertz CT molecular complexity index is 1040. The van der Waals surface area contributed by atoms with Crippen LogP contribution in [-0.4, -0.2) is 47.1 Å². The molecule has 10 heteroatoms. The molecule has 29 heavy (non-hydrogen) atoms. The van der Waals surface area contributed by atoms with Crippen molar-refractivity contribution in [2.45, 2.75) is 20.8 Å². The summed E-state index contributed by atoms with van der Waals surface area (Å²) >= 11 is 0. The van der Waals surface area contributed by atoms with E-state index >= 15 is 0 Å². The molecule has 0 bridgehead atoms. The summed E-state index contributed by atoms with van der Waals surface area (Å²) in [4.78, 5) is 61.0. The molecule has 1 heterocycles. The van der Waals surface area contributed by atoms with Crippen LogP contribution < -0.4 is 0 Å². The van der Waals surface area contributed by atoms with Crippen LogP contribution in [0.15, 0.2) is 18.2 Å². The first kappa shape index (κ1) is 21.5. The summed E-state index contributed by atoms with van der Waals surface area (Å²) in [6.07, 6.45) is 0. The third kappa shape index (κ3) is 4.54. The number of H-pyrrole nitrogens is 1. The van der Waals surface area contributed by atoms with Crippen molar-refractivity contribution in [1.29, 1.82) is 0 Å². The molecule has 2 aromatic rings. The number of hydrogen-bond acceptors (Lipinski definition) is 8. The van der Waals surface area contributed by atoms with Crippen LogP contribution in [0.1, 0.15) is 59.7 Å². The molecule has 0 spiro atoms. The summed E-state index contributed by atoms with van der Waals surface area (Å²) in [7, 11) is 1.09. The largest absolute Gasteiger partial charge is 0.465 e. The molecule has 0 aliphatic carbocycles. The Morgan fingerprint density at radius 2 is 1.66 bits per heavy atom. The molecule has 1 aromatic carbocycles. The molecule has 0 aliphatic heterocycles. The van der Waals surface area contributed by atoms with E-state index in [1.807, 2.05) is 0 Å². The molecule has 0 amide bonds. The van der Waals surface area contributed by atoms with Crippen LogP contribution in [0, 0.1) is 24.0 Å². The molecular formula is C19H18N2O8. The van der Waals surface area contributed by atoms with Crippen LogP contribution in [0.5, 0.6) is 0 Å². The third-order valence-corrected chi connectivity index (χ3v) is 4.19. The predicted molar refractivity (Wildman–Crippen MR) is 99.3 cm³/mol. The Labute approximate surface area is 165 Å². The van der Waals surface area contributed by atoms with Crippen molar-refractivity contribution in [1.82, 2.24) is 4.98 Å². The van der Waals surface area contributed by atoms with Gasteiger partial charge in [-0.1, -0.05) is 0 Å². The predicted octanol–water partition coefficient (Wildman–Crippen LogP) is 2.57. The number of nitro benzene ring substituents is 1. The SMILES string of the molecule is COC(=O)c1cc(C(=O)OCC(=O)c2[nH]c(C)c(C(C)=O)c2C)cc([N+](=O)[O-])c1. The fourth-order valence-electron chi connectivity index (χ4n) is 2.91. The zero-order chi connectivity index (χ0) is 21.9. The summed E-state index contributed by atoms with van der Waals surface area (Å²) in [5.41, 5.74) is 0.493.